The van der Waals surface area contributed by atoms with Crippen LogP contribution in [0.25, 0.3) is 5.65 Å². The van der Waals surface area contributed by atoms with Crippen molar-refractivity contribution in [2.75, 3.05) is 13.7 Å². The number of hydrogen-bond acceptors (Lipinski definition) is 4. The van der Waals surface area contributed by atoms with Gasteiger partial charge in [0.25, 0.3) is 0 Å². The molecule has 0 aliphatic rings. The standard InChI is InChI=1S/C10H13N3O2/c1-15-7-3-5-9-11-12-10-8(14)4-2-6-13(9)10/h2,4,6,14H,3,5,7H2,1H3. The fourth-order valence-electron chi connectivity index (χ4n) is 1.49. The number of aryl methyl sites for hydroxylation is 1. The second kappa shape index (κ2) is 4.27. The largest absolute Gasteiger partial charge is 0.504 e. The van der Waals surface area contributed by atoms with Crippen molar-refractivity contribution in [1.29, 1.82) is 0 Å². The van der Waals surface area contributed by atoms with Crippen LogP contribution in [0, 0.1) is 0 Å². The lowest BCUT2D eigenvalue weighted by molar-refractivity contribution is 0.194. The summed E-state index contributed by atoms with van der Waals surface area (Å²) >= 11 is 0. The van der Waals surface area contributed by atoms with Crippen molar-refractivity contribution in [3.05, 3.63) is 24.2 Å². The quantitative estimate of drug-likeness (QED) is 0.760. The third kappa shape index (κ3) is 1.92. The summed E-state index contributed by atoms with van der Waals surface area (Å²) in [6, 6.07) is 3.37. The van der Waals surface area contributed by atoms with Gasteiger partial charge in [0.05, 0.1) is 0 Å². The monoisotopic (exact) mass is 207 g/mol. The highest BCUT2D eigenvalue weighted by Gasteiger charge is 2.07. The number of methoxy groups -OCH3 is 1. The zero-order valence-electron chi connectivity index (χ0n) is 8.55. The molecule has 80 valence electrons. The van der Waals surface area contributed by atoms with E-state index in [4.69, 9.17) is 4.74 Å². The van der Waals surface area contributed by atoms with Crippen LogP contribution in [0.3, 0.4) is 0 Å². The van der Waals surface area contributed by atoms with Crippen molar-refractivity contribution in [2.45, 2.75) is 12.8 Å². The number of hydrogen-bond donors (Lipinski definition) is 1. The van der Waals surface area contributed by atoms with Gasteiger partial charge in [0, 0.05) is 26.3 Å². The summed E-state index contributed by atoms with van der Waals surface area (Å²) < 4.78 is 6.77. The molecule has 5 heteroatoms. The molecule has 2 aromatic heterocycles. The minimum atomic E-state index is 0.156. The first-order valence-electron chi connectivity index (χ1n) is 4.83. The molecule has 0 spiro atoms. The molecule has 2 aromatic rings. The number of aromatic hydroxyl groups is 1. The number of ether oxygens (including phenoxy) is 1. The summed E-state index contributed by atoms with van der Waals surface area (Å²) in [5.41, 5.74) is 0.505. The Bertz CT molecular complexity index is 453. The Morgan fingerprint density at radius 1 is 1.47 bits per heavy atom. The highest BCUT2D eigenvalue weighted by atomic mass is 16.5. The van der Waals surface area contributed by atoms with E-state index in [0.717, 1.165) is 18.7 Å². The highest BCUT2D eigenvalue weighted by molar-refractivity contribution is 5.51. The van der Waals surface area contributed by atoms with Gasteiger partial charge in [0.1, 0.15) is 5.82 Å². The van der Waals surface area contributed by atoms with E-state index in [-0.39, 0.29) is 5.75 Å². The van der Waals surface area contributed by atoms with E-state index in [1.54, 1.807) is 23.6 Å². The molecule has 0 aliphatic heterocycles. The van der Waals surface area contributed by atoms with Gasteiger partial charge < -0.3 is 9.84 Å². The Hall–Kier alpha value is -1.62. The lowest BCUT2D eigenvalue weighted by atomic mass is 10.3. The Balaban J connectivity index is 2.25. The van der Waals surface area contributed by atoms with Gasteiger partial charge in [-0.3, -0.25) is 4.40 Å². The average molecular weight is 207 g/mol. The maximum atomic E-state index is 9.51. The lowest BCUT2D eigenvalue weighted by Gasteiger charge is -1.99. The Kier molecular flexibility index (Phi) is 2.82. The summed E-state index contributed by atoms with van der Waals surface area (Å²) in [5, 5.41) is 17.5. The van der Waals surface area contributed by atoms with Crippen molar-refractivity contribution >= 4 is 5.65 Å². The zero-order valence-corrected chi connectivity index (χ0v) is 8.55. The third-order valence-corrected chi connectivity index (χ3v) is 2.23. The van der Waals surface area contributed by atoms with Crippen LogP contribution < -0.4 is 0 Å². The molecule has 0 amide bonds. The van der Waals surface area contributed by atoms with Gasteiger partial charge >= 0.3 is 0 Å². The Morgan fingerprint density at radius 3 is 3.13 bits per heavy atom. The maximum absolute atomic E-state index is 9.51. The molecule has 0 radical (unpaired) electrons. The van der Waals surface area contributed by atoms with Crippen LogP contribution in [-0.2, 0) is 11.2 Å². The normalized spacial score (nSPS) is 11.0. The molecule has 5 nitrogen and oxygen atoms in total. The van der Waals surface area contributed by atoms with E-state index in [9.17, 15) is 5.11 Å². The fourth-order valence-corrected chi connectivity index (χ4v) is 1.49. The highest BCUT2D eigenvalue weighted by Crippen LogP contribution is 2.16. The molecule has 15 heavy (non-hydrogen) atoms. The van der Waals surface area contributed by atoms with Gasteiger partial charge in [-0.15, -0.1) is 10.2 Å². The SMILES string of the molecule is COCCCc1nnc2c(O)cccn12. The molecule has 0 saturated carbocycles. The topological polar surface area (TPSA) is 59.7 Å². The van der Waals surface area contributed by atoms with E-state index in [1.807, 2.05) is 6.20 Å². The van der Waals surface area contributed by atoms with Gasteiger partial charge in [-0.05, 0) is 18.6 Å². The summed E-state index contributed by atoms with van der Waals surface area (Å²) in [6.45, 7) is 0.702. The summed E-state index contributed by atoms with van der Waals surface area (Å²) in [7, 11) is 1.67. The number of fused-ring (bicyclic) bond motifs is 1. The molecule has 0 atom stereocenters. The summed E-state index contributed by atoms with van der Waals surface area (Å²) in [6.07, 6.45) is 3.53. The first-order valence-corrected chi connectivity index (χ1v) is 4.83. The van der Waals surface area contributed by atoms with Crippen LogP contribution in [0.2, 0.25) is 0 Å². The second-order valence-electron chi connectivity index (χ2n) is 3.30. The smallest absolute Gasteiger partial charge is 0.203 e. The lowest BCUT2D eigenvalue weighted by Crippen LogP contribution is -1.98. The van der Waals surface area contributed by atoms with Gasteiger partial charge in [-0.2, -0.15) is 0 Å². The fraction of sp³-hybridized carbons (Fsp3) is 0.400. The van der Waals surface area contributed by atoms with Crippen molar-refractivity contribution in [3.63, 3.8) is 0 Å². The molecule has 0 unspecified atom stereocenters. The van der Waals surface area contributed by atoms with Gasteiger partial charge in [0.2, 0.25) is 5.65 Å². The van der Waals surface area contributed by atoms with E-state index in [1.165, 1.54) is 0 Å². The number of pyridine rings is 1. The number of nitrogens with zero attached hydrogens (tertiary/aromatic N) is 3. The Labute approximate surface area is 87.3 Å². The number of aromatic nitrogens is 3. The first-order chi connectivity index (χ1) is 7.33. The van der Waals surface area contributed by atoms with Crippen molar-refractivity contribution in [2.24, 2.45) is 0 Å². The number of rotatable bonds is 4. The van der Waals surface area contributed by atoms with E-state index in [0.29, 0.717) is 12.3 Å². The molecule has 0 aromatic carbocycles. The van der Waals surface area contributed by atoms with Crippen LogP contribution in [0.15, 0.2) is 18.3 Å². The predicted molar refractivity (Wildman–Crippen MR) is 54.8 cm³/mol. The molecular weight excluding hydrogens is 194 g/mol. The van der Waals surface area contributed by atoms with Crippen LogP contribution in [0.1, 0.15) is 12.2 Å². The van der Waals surface area contributed by atoms with Crippen molar-refractivity contribution in [3.8, 4) is 5.75 Å². The van der Waals surface area contributed by atoms with Gasteiger partial charge in [-0.1, -0.05) is 0 Å². The van der Waals surface area contributed by atoms with Crippen LogP contribution in [0.4, 0.5) is 0 Å². The summed E-state index contributed by atoms with van der Waals surface area (Å²) in [5.74, 6) is 1.00. The Morgan fingerprint density at radius 2 is 2.33 bits per heavy atom. The van der Waals surface area contributed by atoms with E-state index < -0.39 is 0 Å². The molecule has 1 N–H and O–H groups in total. The second-order valence-corrected chi connectivity index (χ2v) is 3.30. The average Bonchev–Trinajstić information content (AvgIpc) is 2.64. The molecule has 0 saturated heterocycles. The predicted octanol–water partition coefficient (Wildman–Crippen LogP) is 1.01. The van der Waals surface area contributed by atoms with Crippen LogP contribution in [0.5, 0.6) is 5.75 Å². The molecule has 2 heterocycles. The minimum absolute atomic E-state index is 0.156. The molecule has 0 aliphatic carbocycles. The molecule has 2 rings (SSSR count). The molecule has 0 bridgehead atoms. The van der Waals surface area contributed by atoms with Crippen molar-refractivity contribution < 1.29 is 9.84 Å². The zero-order chi connectivity index (χ0) is 10.7. The molecule has 0 fully saturated rings. The third-order valence-electron chi connectivity index (χ3n) is 2.23. The van der Waals surface area contributed by atoms with Crippen LogP contribution in [-0.4, -0.2) is 33.4 Å². The van der Waals surface area contributed by atoms with Gasteiger partial charge in [-0.25, -0.2) is 0 Å². The van der Waals surface area contributed by atoms with E-state index in [2.05, 4.69) is 10.2 Å². The summed E-state index contributed by atoms with van der Waals surface area (Å²) in [4.78, 5) is 0. The maximum Gasteiger partial charge on any atom is 0.203 e. The van der Waals surface area contributed by atoms with Gasteiger partial charge in [0.15, 0.2) is 5.75 Å². The van der Waals surface area contributed by atoms with Crippen molar-refractivity contribution in [1.82, 2.24) is 14.6 Å². The first kappa shape index (κ1) is 9.92. The van der Waals surface area contributed by atoms with E-state index >= 15 is 0 Å². The molecular formula is C10H13N3O2. The van der Waals surface area contributed by atoms with Crippen LogP contribution >= 0.6 is 0 Å². The minimum Gasteiger partial charge on any atom is -0.504 e.